The second kappa shape index (κ2) is 7.45. The zero-order chi connectivity index (χ0) is 18.7. The lowest BCUT2D eigenvalue weighted by atomic mass is 10.1. The number of anilines is 1. The molecule has 0 saturated heterocycles. The van der Waals surface area contributed by atoms with Crippen LogP contribution in [0.3, 0.4) is 0 Å². The van der Waals surface area contributed by atoms with Crippen molar-refractivity contribution in [3.05, 3.63) is 59.0 Å². The molecule has 2 aromatic carbocycles. The van der Waals surface area contributed by atoms with Gasteiger partial charge >= 0.3 is 0 Å². The Balaban J connectivity index is 1.83. The molecule has 6 nitrogen and oxygen atoms in total. The fraction of sp³-hybridized carbons (Fsp3) is 0.167. The predicted octanol–water partition coefficient (Wildman–Crippen LogP) is 3.19. The molecule has 0 aliphatic carbocycles. The van der Waals surface area contributed by atoms with E-state index in [4.69, 9.17) is 10.5 Å². The number of thiazole rings is 1. The fourth-order valence-electron chi connectivity index (χ4n) is 2.43. The van der Waals surface area contributed by atoms with Crippen LogP contribution in [0, 0.1) is 6.92 Å². The van der Waals surface area contributed by atoms with Crippen LogP contribution in [-0.2, 0) is 16.6 Å². The SMILES string of the molecule is COc1ccc(-c2nc(N)sc2CNS(=O)(=O)c2ccc(C)cc2)cc1. The van der Waals surface area contributed by atoms with Crippen LogP contribution in [0.5, 0.6) is 5.75 Å². The Kier molecular flexibility index (Phi) is 5.26. The van der Waals surface area contributed by atoms with Gasteiger partial charge in [0.1, 0.15) is 5.75 Å². The second-order valence-corrected chi connectivity index (χ2v) is 8.57. The number of sulfonamides is 1. The predicted molar refractivity (Wildman–Crippen MR) is 104 cm³/mol. The first-order valence-electron chi connectivity index (χ1n) is 7.85. The van der Waals surface area contributed by atoms with E-state index in [9.17, 15) is 8.42 Å². The normalized spacial score (nSPS) is 11.5. The van der Waals surface area contributed by atoms with E-state index in [0.717, 1.165) is 21.8 Å². The monoisotopic (exact) mass is 389 g/mol. The number of nitrogens with one attached hydrogen (secondary N) is 1. The van der Waals surface area contributed by atoms with Crippen molar-refractivity contribution >= 4 is 26.5 Å². The van der Waals surface area contributed by atoms with Gasteiger partial charge in [-0.25, -0.2) is 18.1 Å². The maximum atomic E-state index is 12.5. The van der Waals surface area contributed by atoms with Gasteiger partial charge in [-0.1, -0.05) is 17.7 Å². The largest absolute Gasteiger partial charge is 0.497 e. The number of methoxy groups -OCH3 is 1. The lowest BCUT2D eigenvalue weighted by molar-refractivity contribution is 0.415. The maximum absolute atomic E-state index is 12.5. The standard InChI is InChI=1S/C18H19N3O3S2/c1-12-3-9-15(10-4-12)26(22,23)20-11-16-17(21-18(19)25-16)13-5-7-14(24-2)8-6-13/h3-10,20H,11H2,1-2H3,(H2,19,21). The average Bonchev–Trinajstić information content (AvgIpc) is 3.01. The molecule has 1 heterocycles. The zero-order valence-corrected chi connectivity index (χ0v) is 16.0. The Bertz CT molecular complexity index is 995. The summed E-state index contributed by atoms with van der Waals surface area (Å²) < 4.78 is 32.7. The van der Waals surface area contributed by atoms with Crippen LogP contribution in [-0.4, -0.2) is 20.5 Å². The topological polar surface area (TPSA) is 94.3 Å². The first-order valence-corrected chi connectivity index (χ1v) is 10.1. The number of hydrogen-bond donors (Lipinski definition) is 2. The van der Waals surface area contributed by atoms with Gasteiger partial charge in [0.2, 0.25) is 10.0 Å². The molecule has 3 N–H and O–H groups in total. The number of ether oxygens (including phenoxy) is 1. The highest BCUT2D eigenvalue weighted by Gasteiger charge is 2.17. The minimum atomic E-state index is -3.61. The summed E-state index contributed by atoms with van der Waals surface area (Å²) in [6.45, 7) is 2.03. The summed E-state index contributed by atoms with van der Waals surface area (Å²) in [7, 11) is -2.01. The highest BCUT2D eigenvalue weighted by Crippen LogP contribution is 2.31. The highest BCUT2D eigenvalue weighted by atomic mass is 32.2. The van der Waals surface area contributed by atoms with Crippen molar-refractivity contribution in [1.82, 2.24) is 9.71 Å². The Morgan fingerprint density at radius 3 is 2.38 bits per heavy atom. The Labute approximate surface area is 156 Å². The van der Waals surface area contributed by atoms with Crippen molar-refractivity contribution in [2.24, 2.45) is 0 Å². The molecule has 0 bridgehead atoms. The molecule has 0 amide bonds. The molecule has 0 fully saturated rings. The van der Waals surface area contributed by atoms with Gasteiger partial charge in [-0.2, -0.15) is 0 Å². The lowest BCUT2D eigenvalue weighted by Gasteiger charge is -2.08. The number of aromatic nitrogens is 1. The molecule has 1 aromatic heterocycles. The maximum Gasteiger partial charge on any atom is 0.240 e. The Morgan fingerprint density at radius 1 is 1.12 bits per heavy atom. The molecule has 136 valence electrons. The van der Waals surface area contributed by atoms with Crippen LogP contribution in [0.15, 0.2) is 53.4 Å². The number of nitrogens with zero attached hydrogens (tertiary/aromatic N) is 1. The third kappa shape index (κ3) is 4.04. The molecule has 0 saturated carbocycles. The zero-order valence-electron chi connectivity index (χ0n) is 14.4. The first kappa shape index (κ1) is 18.4. The van der Waals surface area contributed by atoms with Crippen molar-refractivity contribution in [3.8, 4) is 17.0 Å². The number of rotatable bonds is 6. The Morgan fingerprint density at radius 2 is 1.77 bits per heavy atom. The van der Waals surface area contributed by atoms with Gasteiger partial charge in [0.05, 0.1) is 17.7 Å². The average molecular weight is 390 g/mol. The van der Waals surface area contributed by atoms with Crippen LogP contribution in [0.1, 0.15) is 10.4 Å². The van der Waals surface area contributed by atoms with E-state index in [2.05, 4.69) is 9.71 Å². The van der Waals surface area contributed by atoms with Gasteiger partial charge in [0.15, 0.2) is 5.13 Å². The summed E-state index contributed by atoms with van der Waals surface area (Å²) in [5, 5.41) is 0.389. The van der Waals surface area contributed by atoms with Crippen LogP contribution in [0.25, 0.3) is 11.3 Å². The van der Waals surface area contributed by atoms with E-state index in [1.165, 1.54) is 11.3 Å². The number of benzene rings is 2. The highest BCUT2D eigenvalue weighted by molar-refractivity contribution is 7.89. The van der Waals surface area contributed by atoms with E-state index in [0.29, 0.717) is 10.8 Å². The van der Waals surface area contributed by atoms with Crippen molar-refractivity contribution in [3.63, 3.8) is 0 Å². The molecule has 26 heavy (non-hydrogen) atoms. The number of hydrogen-bond acceptors (Lipinski definition) is 6. The van der Waals surface area contributed by atoms with Crippen LogP contribution in [0.4, 0.5) is 5.13 Å². The van der Waals surface area contributed by atoms with E-state index in [1.807, 2.05) is 31.2 Å². The molecule has 0 spiro atoms. The molecule has 3 rings (SSSR count). The van der Waals surface area contributed by atoms with E-state index < -0.39 is 10.0 Å². The van der Waals surface area contributed by atoms with Crippen molar-refractivity contribution in [1.29, 1.82) is 0 Å². The molecule has 0 aliphatic rings. The molecular weight excluding hydrogens is 370 g/mol. The van der Waals surface area contributed by atoms with Crippen molar-refractivity contribution in [2.75, 3.05) is 12.8 Å². The summed E-state index contributed by atoms with van der Waals surface area (Å²) >= 11 is 1.27. The number of nitrogens with two attached hydrogens (primary N) is 1. The summed E-state index contributed by atoms with van der Waals surface area (Å²) in [6.07, 6.45) is 0. The summed E-state index contributed by atoms with van der Waals surface area (Å²) in [5.41, 5.74) is 8.36. The molecule has 0 unspecified atom stereocenters. The summed E-state index contributed by atoms with van der Waals surface area (Å²) in [4.78, 5) is 5.32. The van der Waals surface area contributed by atoms with Crippen LogP contribution < -0.4 is 15.2 Å². The van der Waals surface area contributed by atoms with Gasteiger partial charge in [-0.3, -0.25) is 0 Å². The van der Waals surface area contributed by atoms with E-state index in [-0.39, 0.29) is 11.4 Å². The van der Waals surface area contributed by atoms with E-state index in [1.54, 1.807) is 31.4 Å². The Hall–Kier alpha value is -2.42. The fourth-order valence-corrected chi connectivity index (χ4v) is 4.31. The van der Waals surface area contributed by atoms with Gasteiger partial charge in [0.25, 0.3) is 0 Å². The van der Waals surface area contributed by atoms with Gasteiger partial charge in [0, 0.05) is 17.0 Å². The van der Waals surface area contributed by atoms with Gasteiger partial charge in [-0.05, 0) is 43.3 Å². The smallest absolute Gasteiger partial charge is 0.240 e. The second-order valence-electron chi connectivity index (χ2n) is 5.69. The molecule has 0 aliphatic heterocycles. The van der Waals surface area contributed by atoms with E-state index >= 15 is 0 Å². The van der Waals surface area contributed by atoms with Crippen molar-refractivity contribution < 1.29 is 13.2 Å². The number of aryl methyl sites for hydroxylation is 1. The van der Waals surface area contributed by atoms with Crippen LogP contribution >= 0.6 is 11.3 Å². The molecular formula is C18H19N3O3S2. The lowest BCUT2D eigenvalue weighted by Crippen LogP contribution is -2.23. The molecule has 3 aromatic rings. The third-order valence-corrected chi connectivity index (χ3v) is 6.13. The summed E-state index contributed by atoms with van der Waals surface area (Å²) in [6, 6.07) is 14.1. The number of nitrogen functional groups attached to an aromatic ring is 1. The minimum Gasteiger partial charge on any atom is -0.497 e. The molecule has 0 radical (unpaired) electrons. The van der Waals surface area contributed by atoms with Crippen molar-refractivity contribution in [2.45, 2.75) is 18.4 Å². The van der Waals surface area contributed by atoms with Gasteiger partial charge in [-0.15, -0.1) is 11.3 Å². The molecule has 8 heteroatoms. The first-order chi connectivity index (χ1) is 12.4. The molecule has 0 atom stereocenters. The quantitative estimate of drug-likeness (QED) is 0.675. The van der Waals surface area contributed by atoms with Crippen LogP contribution in [0.2, 0.25) is 0 Å². The minimum absolute atomic E-state index is 0.117. The third-order valence-electron chi connectivity index (χ3n) is 3.83. The van der Waals surface area contributed by atoms with Gasteiger partial charge < -0.3 is 10.5 Å². The summed E-state index contributed by atoms with van der Waals surface area (Å²) in [5.74, 6) is 0.735.